The summed E-state index contributed by atoms with van der Waals surface area (Å²) in [6.07, 6.45) is 1.87. The predicted molar refractivity (Wildman–Crippen MR) is 518 cm³/mol. The Morgan fingerprint density at radius 1 is 0.130 bits per heavy atom. The molecule has 4 nitrogen and oxygen atoms in total. The number of hydrogen-bond acceptors (Lipinski definition) is 4. The molecule has 123 heavy (non-hydrogen) atoms. The van der Waals surface area contributed by atoms with E-state index in [9.17, 15) is 0 Å². The van der Waals surface area contributed by atoms with Gasteiger partial charge in [-0.3, -0.25) is 4.98 Å². The molecule has 25 rings (SSSR count). The molecule has 0 fully saturated rings. The Labute approximate surface area is 710 Å². The molecule has 0 aliphatic heterocycles. The van der Waals surface area contributed by atoms with Gasteiger partial charge in [-0.25, -0.2) is 0 Å². The number of para-hydroxylation sites is 3. The summed E-state index contributed by atoms with van der Waals surface area (Å²) in [7, 11) is 0. The van der Waals surface area contributed by atoms with Crippen molar-refractivity contribution in [1.29, 1.82) is 0 Å². The number of pyridine rings is 1. The number of rotatable bonds is 10. The highest BCUT2D eigenvalue weighted by molar-refractivity contribution is 6.31. The van der Waals surface area contributed by atoms with Crippen LogP contribution in [0, 0.1) is 0 Å². The average molecular weight is 1570 g/mol. The van der Waals surface area contributed by atoms with E-state index in [0.717, 1.165) is 82.6 Å². The SMILES string of the molecule is c1ccc(-c2c3ccccc3c(-c3ccc4oc5ccccc5c4c3-c3ccccn3)c3ccccc23)cc1.c1ccc(-c2ccc3oc4ccccc4c3c2-c2c3ccccc3c(-c3ccccc3)c3ccccc23)cc1.c1ccc(-c2ccccc2-c2ccc3oc4ccccc4c3c2-c2c3ccccc3c(-c3ccccc3)c3ccccc23)cc1. The summed E-state index contributed by atoms with van der Waals surface area (Å²) in [6, 6.07) is 160. The van der Waals surface area contributed by atoms with Gasteiger partial charge in [0.2, 0.25) is 0 Å². The lowest BCUT2D eigenvalue weighted by molar-refractivity contribution is 0.668. The van der Waals surface area contributed by atoms with E-state index in [0.29, 0.717) is 0 Å². The Hall–Kier alpha value is -16.3. The highest BCUT2D eigenvalue weighted by atomic mass is 16.3. The van der Waals surface area contributed by atoms with Crippen LogP contribution in [0.3, 0.4) is 0 Å². The number of benzene rings is 21. The first-order chi connectivity index (χ1) is 61.1. The molecule has 21 aromatic carbocycles. The number of aromatic nitrogens is 1. The minimum absolute atomic E-state index is 0.870. The number of furan rings is 3. The lowest BCUT2D eigenvalue weighted by Crippen LogP contribution is -1.94. The van der Waals surface area contributed by atoms with Gasteiger partial charge in [-0.05, 0) is 214 Å². The smallest absolute Gasteiger partial charge is 0.136 e. The van der Waals surface area contributed by atoms with Gasteiger partial charge in [-0.2, -0.15) is 0 Å². The molecule has 0 unspecified atom stereocenters. The fourth-order valence-corrected chi connectivity index (χ4v) is 19.6. The molecule has 0 amide bonds. The molecule has 25 aromatic rings. The Bertz CT molecular complexity index is 8230. The maximum atomic E-state index is 6.54. The second kappa shape index (κ2) is 30.6. The molecule has 0 bridgehead atoms. The Morgan fingerprint density at radius 2 is 0.382 bits per heavy atom. The van der Waals surface area contributed by atoms with Crippen LogP contribution in [-0.4, -0.2) is 4.98 Å². The van der Waals surface area contributed by atoms with Crippen molar-refractivity contribution in [2.45, 2.75) is 0 Å². The Morgan fingerprint density at radius 3 is 0.732 bits per heavy atom. The first-order valence-electron chi connectivity index (χ1n) is 42.1. The standard InChI is InChI=1S/C44H28O.C38H24O.C37H23NO/c1-3-15-29(16-4-1)31-19-7-8-20-32(31)37-27-28-40-43(38-25-13-14-26-39(38)45-40)44(37)42-35-23-11-9-21-33(35)41(30-17-5-2-6-18-30)34-22-10-12-24-36(34)42;1-3-13-25(14-4-1)27-23-24-34-37(32-21-11-12-22-33(32)39-34)38(27)36-30-19-9-7-17-28(30)35(26-15-5-2-6-16-26)29-18-8-10-20-31(29)36;1-2-12-24(13-3-1)34-25-14-4-6-16-27(25)35(28-17-7-5-15-26(28)34)30-21-22-33-37(29-18-8-9-20-32(29)39-33)36(30)31-19-10-11-23-38-31/h1-28H;1-24H;1-23H. The van der Waals surface area contributed by atoms with Gasteiger partial charge in [0.25, 0.3) is 0 Å². The summed E-state index contributed by atoms with van der Waals surface area (Å²) >= 11 is 0. The van der Waals surface area contributed by atoms with Gasteiger partial charge < -0.3 is 13.3 Å². The van der Waals surface area contributed by atoms with Crippen LogP contribution in [-0.2, 0) is 0 Å². The van der Waals surface area contributed by atoms with Gasteiger partial charge in [-0.15, -0.1) is 0 Å². The van der Waals surface area contributed by atoms with Gasteiger partial charge in [0.05, 0.1) is 5.69 Å². The lowest BCUT2D eigenvalue weighted by Gasteiger charge is -2.21. The van der Waals surface area contributed by atoms with Gasteiger partial charge in [0.1, 0.15) is 33.5 Å². The number of fused-ring (bicyclic) bond motifs is 15. The second-order valence-electron chi connectivity index (χ2n) is 31.5. The molecular weight excluding hydrogens is 1490 g/mol. The molecule has 0 spiro atoms. The van der Waals surface area contributed by atoms with Crippen LogP contribution in [0.2, 0.25) is 0 Å². The average Bonchev–Trinajstić information content (AvgIpc) is 1.71. The minimum atomic E-state index is 0.870. The fraction of sp³-hybridized carbons (Fsp3) is 0. The molecule has 0 saturated heterocycles. The summed E-state index contributed by atoms with van der Waals surface area (Å²) in [6.45, 7) is 0. The van der Waals surface area contributed by atoms with Crippen LogP contribution >= 0.6 is 0 Å². The normalized spacial score (nSPS) is 11.6. The van der Waals surface area contributed by atoms with Crippen LogP contribution in [0.1, 0.15) is 0 Å². The van der Waals surface area contributed by atoms with E-state index in [1.54, 1.807) is 0 Å². The first kappa shape index (κ1) is 72.0. The summed E-state index contributed by atoms with van der Waals surface area (Å²) in [4.78, 5) is 4.86. The van der Waals surface area contributed by atoms with Crippen LogP contribution in [0.15, 0.2) is 468 Å². The van der Waals surface area contributed by atoms with Crippen molar-refractivity contribution in [1.82, 2.24) is 4.98 Å². The van der Waals surface area contributed by atoms with Crippen LogP contribution in [0.25, 0.3) is 242 Å². The topological polar surface area (TPSA) is 52.3 Å². The molecule has 4 heterocycles. The van der Waals surface area contributed by atoms with E-state index in [4.69, 9.17) is 18.2 Å². The Balaban J connectivity index is 0.000000107. The summed E-state index contributed by atoms with van der Waals surface area (Å²) < 4.78 is 19.3. The Kier molecular flexibility index (Phi) is 17.9. The lowest BCUT2D eigenvalue weighted by atomic mass is 9.81. The van der Waals surface area contributed by atoms with Crippen molar-refractivity contribution >= 4 is 130 Å². The summed E-state index contributed by atoms with van der Waals surface area (Å²) in [5.74, 6) is 0. The van der Waals surface area contributed by atoms with E-state index in [1.807, 2.05) is 30.5 Å². The van der Waals surface area contributed by atoms with Crippen molar-refractivity contribution in [3.63, 3.8) is 0 Å². The number of hydrogen-bond donors (Lipinski definition) is 0. The van der Waals surface area contributed by atoms with E-state index in [-0.39, 0.29) is 0 Å². The van der Waals surface area contributed by atoms with Crippen molar-refractivity contribution in [3.8, 4) is 111 Å². The maximum absolute atomic E-state index is 6.54. The highest BCUT2D eigenvalue weighted by Crippen LogP contribution is 2.55. The third kappa shape index (κ3) is 12.3. The molecule has 0 aliphatic carbocycles. The third-order valence-corrected chi connectivity index (χ3v) is 24.7. The molecule has 0 aliphatic rings. The fourth-order valence-electron chi connectivity index (χ4n) is 19.6. The van der Waals surface area contributed by atoms with Crippen LogP contribution in [0.4, 0.5) is 0 Å². The second-order valence-corrected chi connectivity index (χ2v) is 31.5. The van der Waals surface area contributed by atoms with Gasteiger partial charge in [-0.1, -0.05) is 388 Å². The van der Waals surface area contributed by atoms with Crippen molar-refractivity contribution in [2.24, 2.45) is 0 Å². The highest BCUT2D eigenvalue weighted by Gasteiger charge is 2.29. The maximum Gasteiger partial charge on any atom is 0.136 e. The monoisotopic (exact) mass is 1570 g/mol. The van der Waals surface area contributed by atoms with E-state index in [2.05, 4.69) is 425 Å². The molecule has 0 atom stereocenters. The van der Waals surface area contributed by atoms with E-state index < -0.39 is 0 Å². The zero-order chi connectivity index (χ0) is 81.3. The van der Waals surface area contributed by atoms with E-state index >= 15 is 0 Å². The van der Waals surface area contributed by atoms with Gasteiger partial charge >= 0.3 is 0 Å². The minimum Gasteiger partial charge on any atom is -0.456 e. The van der Waals surface area contributed by atoms with Crippen molar-refractivity contribution < 1.29 is 13.3 Å². The van der Waals surface area contributed by atoms with E-state index in [1.165, 1.54) is 159 Å². The number of nitrogens with zero attached hydrogens (tertiary/aromatic N) is 1. The first-order valence-corrected chi connectivity index (χ1v) is 42.1. The zero-order valence-corrected chi connectivity index (χ0v) is 67.0. The van der Waals surface area contributed by atoms with Crippen molar-refractivity contribution in [3.05, 3.63) is 455 Å². The summed E-state index contributed by atoms with van der Waals surface area (Å²) in [5, 5.41) is 21.6. The molecule has 0 saturated carbocycles. The molecule has 4 heteroatoms. The van der Waals surface area contributed by atoms with Crippen LogP contribution in [0.5, 0.6) is 0 Å². The molecule has 0 N–H and O–H groups in total. The van der Waals surface area contributed by atoms with Crippen molar-refractivity contribution in [2.75, 3.05) is 0 Å². The van der Waals surface area contributed by atoms with Gasteiger partial charge in [0.15, 0.2) is 0 Å². The molecule has 0 radical (unpaired) electrons. The summed E-state index contributed by atoms with van der Waals surface area (Å²) in [5.41, 5.74) is 29.3. The van der Waals surface area contributed by atoms with Crippen LogP contribution < -0.4 is 0 Å². The third-order valence-electron chi connectivity index (χ3n) is 24.7. The predicted octanol–water partition coefficient (Wildman–Crippen LogP) is 33.7. The quantitative estimate of drug-likeness (QED) is 0.128. The molecule has 4 aromatic heterocycles. The molecule has 574 valence electrons. The van der Waals surface area contributed by atoms with Gasteiger partial charge in [0, 0.05) is 55.2 Å². The largest absolute Gasteiger partial charge is 0.456 e. The molecular formula is C119H75NO3. The zero-order valence-electron chi connectivity index (χ0n) is 67.0.